The van der Waals surface area contributed by atoms with Crippen molar-refractivity contribution in [1.29, 1.82) is 0 Å². The van der Waals surface area contributed by atoms with Crippen LogP contribution >= 0.6 is 0 Å². The molecule has 126 valence electrons. The molecule has 0 fully saturated rings. The Bertz CT molecular complexity index is 982. The average molecular weight is 351 g/mol. The summed E-state index contributed by atoms with van der Waals surface area (Å²) >= 11 is 0. The van der Waals surface area contributed by atoms with Crippen LogP contribution in [0, 0.1) is 0 Å². The van der Waals surface area contributed by atoms with Crippen LogP contribution < -0.4 is 9.92 Å². The van der Waals surface area contributed by atoms with Crippen molar-refractivity contribution in [3.8, 4) is 5.75 Å². The van der Waals surface area contributed by atoms with Gasteiger partial charge >= 0.3 is 10.1 Å². The molecule has 0 saturated carbocycles. The summed E-state index contributed by atoms with van der Waals surface area (Å²) in [5.74, 6) is 0.214. The molecule has 0 radical (unpaired) electrons. The first kappa shape index (κ1) is 16.8. The lowest BCUT2D eigenvalue weighted by molar-refractivity contribution is 0.486. The Morgan fingerprint density at radius 2 is 1.44 bits per heavy atom. The van der Waals surface area contributed by atoms with Crippen molar-refractivity contribution in [2.75, 3.05) is 5.73 Å². The molecule has 0 aromatic heterocycles. The summed E-state index contributed by atoms with van der Waals surface area (Å²) in [6.07, 6.45) is 3.73. The maximum atomic E-state index is 12.3. The molecule has 0 heterocycles. The maximum Gasteiger partial charge on any atom is 0.339 e. The molecule has 0 amide bonds. The molecule has 3 aromatic rings. The van der Waals surface area contributed by atoms with Gasteiger partial charge in [0.05, 0.1) is 0 Å². The van der Waals surface area contributed by atoms with Gasteiger partial charge in [-0.1, -0.05) is 60.7 Å². The molecular weight excluding hydrogens is 334 g/mol. The molecule has 0 bridgehead atoms. The van der Waals surface area contributed by atoms with Gasteiger partial charge in [-0.2, -0.15) is 8.42 Å². The highest BCUT2D eigenvalue weighted by atomic mass is 32.2. The minimum absolute atomic E-state index is 0.105. The fourth-order valence-electron chi connectivity index (χ4n) is 2.26. The fourth-order valence-corrected chi connectivity index (χ4v) is 3.20. The van der Waals surface area contributed by atoms with E-state index < -0.39 is 10.1 Å². The normalized spacial score (nSPS) is 11.5. The topological polar surface area (TPSA) is 69.4 Å². The first-order valence-electron chi connectivity index (χ1n) is 7.67. The smallest absolute Gasteiger partial charge is 0.339 e. The van der Waals surface area contributed by atoms with Crippen molar-refractivity contribution >= 4 is 28.0 Å². The highest BCUT2D eigenvalue weighted by molar-refractivity contribution is 7.87. The molecule has 25 heavy (non-hydrogen) atoms. The zero-order chi connectivity index (χ0) is 17.7. The third-order valence-corrected chi connectivity index (χ3v) is 4.81. The SMILES string of the molecule is Nc1ccc(OS(=O)(=O)c2ccccc2)cc1C=Cc1ccccc1. The van der Waals surface area contributed by atoms with Gasteiger partial charge < -0.3 is 9.92 Å². The van der Waals surface area contributed by atoms with Crippen LogP contribution in [0.25, 0.3) is 12.2 Å². The summed E-state index contributed by atoms with van der Waals surface area (Å²) in [6, 6.07) is 22.5. The molecule has 0 atom stereocenters. The molecule has 0 aliphatic rings. The highest BCUT2D eigenvalue weighted by Gasteiger charge is 2.16. The van der Waals surface area contributed by atoms with E-state index in [0.717, 1.165) is 5.56 Å². The summed E-state index contributed by atoms with van der Waals surface area (Å²) in [7, 11) is -3.87. The first-order chi connectivity index (χ1) is 12.0. The lowest BCUT2D eigenvalue weighted by atomic mass is 10.1. The van der Waals surface area contributed by atoms with Crippen LogP contribution in [0.1, 0.15) is 11.1 Å². The van der Waals surface area contributed by atoms with Gasteiger partial charge in [0.25, 0.3) is 0 Å². The Morgan fingerprint density at radius 3 is 2.12 bits per heavy atom. The molecule has 0 unspecified atom stereocenters. The van der Waals surface area contributed by atoms with Crippen LogP contribution in [0.4, 0.5) is 5.69 Å². The summed E-state index contributed by atoms with van der Waals surface area (Å²) in [4.78, 5) is 0.105. The van der Waals surface area contributed by atoms with E-state index in [4.69, 9.17) is 9.92 Å². The Kier molecular flexibility index (Phi) is 4.86. The molecule has 0 spiro atoms. The molecule has 0 saturated heterocycles. The Hall–Kier alpha value is -3.05. The molecule has 3 aromatic carbocycles. The van der Waals surface area contributed by atoms with Crippen molar-refractivity contribution in [2.24, 2.45) is 0 Å². The lowest BCUT2D eigenvalue weighted by Crippen LogP contribution is -2.09. The molecular formula is C20H17NO3S. The van der Waals surface area contributed by atoms with Crippen molar-refractivity contribution < 1.29 is 12.6 Å². The van der Waals surface area contributed by atoms with Gasteiger partial charge in [0.1, 0.15) is 10.6 Å². The molecule has 4 nitrogen and oxygen atoms in total. The van der Waals surface area contributed by atoms with E-state index in [-0.39, 0.29) is 10.6 Å². The molecule has 0 aliphatic carbocycles. The number of benzene rings is 3. The van der Waals surface area contributed by atoms with Gasteiger partial charge in [-0.05, 0) is 35.9 Å². The Labute approximate surface area is 147 Å². The van der Waals surface area contributed by atoms with Crippen LogP contribution in [-0.4, -0.2) is 8.42 Å². The van der Waals surface area contributed by atoms with Gasteiger partial charge in [-0.15, -0.1) is 0 Å². The molecule has 0 aliphatic heterocycles. The summed E-state index contributed by atoms with van der Waals surface area (Å²) < 4.78 is 29.8. The quantitative estimate of drug-likeness (QED) is 0.425. The van der Waals surface area contributed by atoms with Crippen LogP contribution in [-0.2, 0) is 10.1 Å². The van der Waals surface area contributed by atoms with Crippen LogP contribution in [0.3, 0.4) is 0 Å². The third-order valence-electron chi connectivity index (χ3n) is 3.55. The van der Waals surface area contributed by atoms with Gasteiger partial charge in [0.2, 0.25) is 0 Å². The zero-order valence-corrected chi connectivity index (χ0v) is 14.2. The summed E-state index contributed by atoms with van der Waals surface area (Å²) in [5, 5.41) is 0. The van der Waals surface area contributed by atoms with E-state index in [9.17, 15) is 8.42 Å². The van der Waals surface area contributed by atoms with Gasteiger partial charge in [-0.25, -0.2) is 0 Å². The third kappa shape index (κ3) is 4.28. The standard InChI is InChI=1S/C20H17NO3S/c21-20-14-13-18(24-25(22,23)19-9-5-2-6-10-19)15-17(20)12-11-16-7-3-1-4-8-16/h1-15H,21H2. The number of nitrogen functional groups attached to an aromatic ring is 1. The molecule has 3 rings (SSSR count). The Morgan fingerprint density at radius 1 is 0.800 bits per heavy atom. The predicted octanol–water partition coefficient (Wildman–Crippen LogP) is 4.21. The van der Waals surface area contributed by atoms with E-state index in [1.165, 1.54) is 18.2 Å². The number of rotatable bonds is 5. The first-order valence-corrected chi connectivity index (χ1v) is 9.08. The van der Waals surface area contributed by atoms with E-state index in [1.54, 1.807) is 30.3 Å². The van der Waals surface area contributed by atoms with E-state index in [2.05, 4.69) is 0 Å². The van der Waals surface area contributed by atoms with Crippen molar-refractivity contribution in [1.82, 2.24) is 0 Å². The van der Waals surface area contributed by atoms with E-state index >= 15 is 0 Å². The second-order valence-corrected chi connectivity index (χ2v) is 6.93. The fraction of sp³-hybridized carbons (Fsp3) is 0. The van der Waals surface area contributed by atoms with Gasteiger partial charge in [0, 0.05) is 11.3 Å². The number of hydrogen-bond acceptors (Lipinski definition) is 4. The summed E-state index contributed by atoms with van der Waals surface area (Å²) in [6.45, 7) is 0. The zero-order valence-electron chi connectivity index (χ0n) is 13.4. The largest absolute Gasteiger partial charge is 0.398 e. The molecule has 5 heteroatoms. The monoisotopic (exact) mass is 351 g/mol. The second-order valence-electron chi connectivity index (χ2n) is 5.39. The second kappa shape index (κ2) is 7.23. The number of nitrogens with two attached hydrogens (primary N) is 1. The van der Waals surface area contributed by atoms with Crippen LogP contribution in [0.2, 0.25) is 0 Å². The van der Waals surface area contributed by atoms with Crippen molar-refractivity contribution in [3.63, 3.8) is 0 Å². The van der Waals surface area contributed by atoms with Gasteiger partial charge in [0.15, 0.2) is 0 Å². The van der Waals surface area contributed by atoms with Gasteiger partial charge in [-0.3, -0.25) is 0 Å². The lowest BCUT2D eigenvalue weighted by Gasteiger charge is -2.09. The van der Waals surface area contributed by atoms with Crippen LogP contribution in [0.5, 0.6) is 5.75 Å². The van der Waals surface area contributed by atoms with Crippen molar-refractivity contribution in [3.05, 3.63) is 90.0 Å². The molecule has 2 N–H and O–H groups in total. The van der Waals surface area contributed by atoms with E-state index in [1.807, 2.05) is 42.5 Å². The maximum absolute atomic E-state index is 12.3. The van der Waals surface area contributed by atoms with Crippen molar-refractivity contribution in [2.45, 2.75) is 4.90 Å². The van der Waals surface area contributed by atoms with E-state index in [0.29, 0.717) is 11.3 Å². The number of hydrogen-bond donors (Lipinski definition) is 1. The number of anilines is 1. The minimum Gasteiger partial charge on any atom is -0.398 e. The highest BCUT2D eigenvalue weighted by Crippen LogP contribution is 2.25. The minimum atomic E-state index is -3.87. The Balaban J connectivity index is 1.86. The summed E-state index contributed by atoms with van der Waals surface area (Å²) in [5.41, 5.74) is 8.21. The average Bonchev–Trinajstić information content (AvgIpc) is 2.63. The predicted molar refractivity (Wildman–Crippen MR) is 100 cm³/mol. The van der Waals surface area contributed by atoms with Crippen LogP contribution in [0.15, 0.2) is 83.8 Å².